The Kier molecular flexibility index (Phi) is 3.27. The van der Waals surface area contributed by atoms with Crippen LogP contribution >= 0.6 is 0 Å². The molecule has 1 heterocycles. The molecular weight excluding hydrogens is 192 g/mol. The molecule has 3 nitrogen and oxygen atoms in total. The third-order valence-corrected chi connectivity index (χ3v) is 2.10. The van der Waals surface area contributed by atoms with Gasteiger partial charge in [0.2, 0.25) is 12.1 Å². The summed E-state index contributed by atoms with van der Waals surface area (Å²) in [4.78, 5) is 11.3. The molecule has 2 rings (SSSR count). The van der Waals surface area contributed by atoms with Gasteiger partial charge >= 0.3 is 0 Å². The lowest BCUT2D eigenvalue weighted by Crippen LogP contribution is -2.28. The van der Waals surface area contributed by atoms with E-state index in [4.69, 9.17) is 9.47 Å². The maximum atomic E-state index is 11.3. The number of ketones is 1. The summed E-state index contributed by atoms with van der Waals surface area (Å²) < 4.78 is 10.5. The highest BCUT2D eigenvalue weighted by molar-refractivity contribution is 5.93. The normalized spacial score (nSPS) is 20.5. The van der Waals surface area contributed by atoms with E-state index in [1.807, 2.05) is 30.3 Å². The molecule has 0 saturated heterocycles. The topological polar surface area (TPSA) is 35.5 Å². The van der Waals surface area contributed by atoms with Gasteiger partial charge in [0.05, 0.1) is 13.2 Å². The van der Waals surface area contributed by atoms with Crippen LogP contribution in [0.3, 0.4) is 0 Å². The predicted molar refractivity (Wildman–Crippen MR) is 55.1 cm³/mol. The molecule has 0 bridgehead atoms. The van der Waals surface area contributed by atoms with Gasteiger partial charge in [-0.2, -0.15) is 0 Å². The number of ether oxygens (including phenoxy) is 2. The lowest BCUT2D eigenvalue weighted by molar-refractivity contribution is -0.168. The van der Waals surface area contributed by atoms with Crippen LogP contribution in [-0.4, -0.2) is 18.7 Å². The van der Waals surface area contributed by atoms with Crippen LogP contribution in [0.1, 0.15) is 5.56 Å². The second-order valence-electron chi connectivity index (χ2n) is 3.27. The van der Waals surface area contributed by atoms with E-state index >= 15 is 0 Å². The first kappa shape index (κ1) is 10.1. The van der Waals surface area contributed by atoms with E-state index in [0.717, 1.165) is 5.56 Å². The highest BCUT2D eigenvalue weighted by atomic mass is 16.7. The van der Waals surface area contributed by atoms with Gasteiger partial charge in [-0.15, -0.1) is 0 Å². The number of carbonyl (C=O) groups excluding carboxylic acids is 1. The maximum Gasteiger partial charge on any atom is 0.222 e. The molecular formula is C12H12O3. The summed E-state index contributed by atoms with van der Waals surface area (Å²) in [7, 11) is 0. The summed E-state index contributed by atoms with van der Waals surface area (Å²) >= 11 is 0. The number of hydrogen-bond acceptors (Lipinski definition) is 3. The van der Waals surface area contributed by atoms with Crippen LogP contribution in [0, 0.1) is 0 Å². The lowest BCUT2D eigenvalue weighted by Gasteiger charge is -2.17. The molecule has 0 fully saturated rings. The Morgan fingerprint density at radius 3 is 2.87 bits per heavy atom. The first-order chi connectivity index (χ1) is 7.36. The molecule has 15 heavy (non-hydrogen) atoms. The van der Waals surface area contributed by atoms with Crippen LogP contribution in [0.25, 0.3) is 0 Å². The Morgan fingerprint density at radius 1 is 1.33 bits per heavy atom. The largest absolute Gasteiger partial charge is 0.342 e. The van der Waals surface area contributed by atoms with Crippen molar-refractivity contribution in [2.24, 2.45) is 0 Å². The van der Waals surface area contributed by atoms with Crippen molar-refractivity contribution in [3.05, 3.63) is 48.0 Å². The Balaban J connectivity index is 1.88. The van der Waals surface area contributed by atoms with Gasteiger partial charge in [0.1, 0.15) is 0 Å². The zero-order valence-electron chi connectivity index (χ0n) is 8.26. The molecule has 78 valence electrons. The van der Waals surface area contributed by atoms with Gasteiger partial charge in [-0.1, -0.05) is 36.4 Å². The summed E-state index contributed by atoms with van der Waals surface area (Å²) in [6, 6.07) is 9.70. The third kappa shape index (κ3) is 2.75. The smallest absolute Gasteiger partial charge is 0.222 e. The maximum absolute atomic E-state index is 11.3. The van der Waals surface area contributed by atoms with Crippen molar-refractivity contribution < 1.29 is 14.3 Å². The van der Waals surface area contributed by atoms with Gasteiger partial charge in [-0.3, -0.25) is 4.79 Å². The third-order valence-electron chi connectivity index (χ3n) is 2.10. The van der Waals surface area contributed by atoms with Gasteiger partial charge in [-0.05, 0) is 11.6 Å². The quantitative estimate of drug-likeness (QED) is 0.751. The number of carbonyl (C=O) groups is 1. The molecule has 0 N–H and O–H groups in total. The Hall–Kier alpha value is -1.45. The van der Waals surface area contributed by atoms with Crippen molar-refractivity contribution in [2.75, 3.05) is 6.61 Å². The predicted octanol–water partition coefficient (Wildman–Crippen LogP) is 1.68. The van der Waals surface area contributed by atoms with E-state index in [1.54, 1.807) is 6.08 Å². The van der Waals surface area contributed by atoms with Crippen LogP contribution in [0.4, 0.5) is 0 Å². The first-order valence-corrected chi connectivity index (χ1v) is 4.84. The van der Waals surface area contributed by atoms with E-state index < -0.39 is 6.29 Å². The second kappa shape index (κ2) is 4.87. The molecule has 0 aromatic heterocycles. The highest BCUT2D eigenvalue weighted by Gasteiger charge is 2.19. The zero-order valence-corrected chi connectivity index (χ0v) is 8.26. The summed E-state index contributed by atoms with van der Waals surface area (Å²) in [5.41, 5.74) is 1.03. The molecule has 1 aromatic carbocycles. The van der Waals surface area contributed by atoms with E-state index in [2.05, 4.69) is 0 Å². The minimum Gasteiger partial charge on any atom is -0.342 e. The molecule has 0 aliphatic carbocycles. The molecule has 0 amide bonds. The molecule has 0 saturated carbocycles. The number of benzene rings is 1. The summed E-state index contributed by atoms with van der Waals surface area (Å²) in [5.74, 6) is -0.128. The van der Waals surface area contributed by atoms with Crippen molar-refractivity contribution in [2.45, 2.75) is 12.9 Å². The summed E-state index contributed by atoms with van der Waals surface area (Å²) in [6.45, 7) is 0.830. The average molecular weight is 204 g/mol. The molecule has 1 aliphatic rings. The number of rotatable bonds is 3. The average Bonchev–Trinajstić information content (AvgIpc) is 2.29. The van der Waals surface area contributed by atoms with Crippen molar-refractivity contribution >= 4 is 5.78 Å². The molecule has 1 unspecified atom stereocenters. The first-order valence-electron chi connectivity index (χ1n) is 4.84. The van der Waals surface area contributed by atoms with Gasteiger partial charge in [0, 0.05) is 0 Å². The van der Waals surface area contributed by atoms with Crippen molar-refractivity contribution in [1.29, 1.82) is 0 Å². The molecule has 3 heteroatoms. The van der Waals surface area contributed by atoms with Crippen LogP contribution in [0.5, 0.6) is 0 Å². The Bertz CT molecular complexity index is 356. The van der Waals surface area contributed by atoms with Crippen LogP contribution in [0.2, 0.25) is 0 Å². The van der Waals surface area contributed by atoms with Gasteiger partial charge in [0.15, 0.2) is 0 Å². The van der Waals surface area contributed by atoms with E-state index in [-0.39, 0.29) is 5.78 Å². The van der Waals surface area contributed by atoms with Crippen molar-refractivity contribution in [1.82, 2.24) is 0 Å². The van der Waals surface area contributed by atoms with E-state index in [1.165, 1.54) is 6.08 Å². The van der Waals surface area contributed by atoms with E-state index in [0.29, 0.717) is 13.2 Å². The van der Waals surface area contributed by atoms with Crippen LogP contribution < -0.4 is 0 Å². The van der Waals surface area contributed by atoms with Gasteiger partial charge < -0.3 is 9.47 Å². The molecule has 0 spiro atoms. The fourth-order valence-corrected chi connectivity index (χ4v) is 1.34. The zero-order chi connectivity index (χ0) is 10.5. The lowest BCUT2D eigenvalue weighted by atomic mass is 10.2. The van der Waals surface area contributed by atoms with Crippen LogP contribution in [0.15, 0.2) is 42.5 Å². The highest BCUT2D eigenvalue weighted by Crippen LogP contribution is 2.08. The Morgan fingerprint density at radius 2 is 2.13 bits per heavy atom. The SMILES string of the molecule is O=C1C=CCOC1OCc1ccccc1. The van der Waals surface area contributed by atoms with E-state index in [9.17, 15) is 4.79 Å². The molecule has 1 aliphatic heterocycles. The van der Waals surface area contributed by atoms with Crippen LogP contribution in [-0.2, 0) is 20.9 Å². The molecule has 1 aromatic rings. The summed E-state index contributed by atoms with van der Waals surface area (Å²) in [5, 5.41) is 0. The van der Waals surface area contributed by atoms with Gasteiger partial charge in [0.25, 0.3) is 0 Å². The fraction of sp³-hybridized carbons (Fsp3) is 0.250. The Labute approximate surface area is 88.3 Å². The monoisotopic (exact) mass is 204 g/mol. The summed E-state index contributed by atoms with van der Waals surface area (Å²) in [6.07, 6.45) is 2.44. The van der Waals surface area contributed by atoms with Gasteiger partial charge in [-0.25, -0.2) is 0 Å². The number of hydrogen-bond donors (Lipinski definition) is 0. The minimum atomic E-state index is -0.741. The fourth-order valence-electron chi connectivity index (χ4n) is 1.34. The van der Waals surface area contributed by atoms with Crippen molar-refractivity contribution in [3.8, 4) is 0 Å². The second-order valence-corrected chi connectivity index (χ2v) is 3.27. The minimum absolute atomic E-state index is 0.128. The van der Waals surface area contributed by atoms with Crippen molar-refractivity contribution in [3.63, 3.8) is 0 Å². The standard InChI is InChI=1S/C12H12O3/c13-11-7-4-8-14-12(11)15-9-10-5-2-1-3-6-10/h1-7,12H,8-9H2. The molecule has 1 atom stereocenters. The molecule has 0 radical (unpaired) electrons.